The summed E-state index contributed by atoms with van der Waals surface area (Å²) in [7, 11) is -2.11. The maximum atomic E-state index is 11.8. The molecule has 0 spiro atoms. The van der Waals surface area contributed by atoms with Crippen molar-refractivity contribution >= 4 is 16.1 Å². The molecule has 9 nitrogen and oxygen atoms in total. The average Bonchev–Trinajstić information content (AvgIpc) is 2.73. The number of amides is 1. The minimum atomic E-state index is -3.47. The molecule has 10 heteroatoms. The Balaban J connectivity index is 1.56. The van der Waals surface area contributed by atoms with Gasteiger partial charge in [0.2, 0.25) is 15.9 Å². The van der Waals surface area contributed by atoms with Gasteiger partial charge in [-0.1, -0.05) is 12.1 Å². The zero-order chi connectivity index (χ0) is 20.1. The molecule has 0 atom stereocenters. The molecule has 1 saturated heterocycles. The van der Waals surface area contributed by atoms with Crippen LogP contribution in [-0.4, -0.2) is 61.2 Å². The summed E-state index contributed by atoms with van der Waals surface area (Å²) in [6, 6.07) is 6.36. The second kappa shape index (κ2) is 8.53. The predicted octanol–water partition coefficient (Wildman–Crippen LogP) is 1.82. The Hall–Kier alpha value is -2.72. The summed E-state index contributed by atoms with van der Waals surface area (Å²) in [6.07, 6.45) is 3.75. The summed E-state index contributed by atoms with van der Waals surface area (Å²) in [6.45, 7) is 1.51. The molecule has 150 valence electrons. The van der Waals surface area contributed by atoms with E-state index in [1.807, 2.05) is 0 Å². The number of aromatic nitrogens is 2. The quantitative estimate of drug-likeness (QED) is 0.750. The van der Waals surface area contributed by atoms with Gasteiger partial charge < -0.3 is 14.7 Å². The lowest BCUT2D eigenvalue weighted by Gasteiger charge is -2.29. The van der Waals surface area contributed by atoms with E-state index in [4.69, 9.17) is 9.84 Å². The van der Waals surface area contributed by atoms with Crippen molar-refractivity contribution in [1.29, 1.82) is 0 Å². The molecule has 0 bridgehead atoms. The number of hydrogen-bond donors (Lipinski definition) is 2. The van der Waals surface area contributed by atoms with E-state index < -0.39 is 16.1 Å². The Morgan fingerprint density at radius 3 is 2.43 bits per heavy atom. The van der Waals surface area contributed by atoms with Crippen LogP contribution in [0, 0.1) is 5.92 Å². The van der Waals surface area contributed by atoms with Gasteiger partial charge in [-0.3, -0.25) is 0 Å². The number of carbonyl (C=O) groups is 1. The summed E-state index contributed by atoms with van der Waals surface area (Å²) >= 11 is 0. The van der Waals surface area contributed by atoms with Crippen LogP contribution in [0.4, 0.5) is 4.79 Å². The van der Waals surface area contributed by atoms with Gasteiger partial charge in [-0.15, -0.1) is 0 Å². The highest BCUT2D eigenvalue weighted by molar-refractivity contribution is 7.89. The summed E-state index contributed by atoms with van der Waals surface area (Å²) in [5.74, 6) is 0.692. The van der Waals surface area contributed by atoms with Crippen molar-refractivity contribution in [2.75, 3.05) is 26.7 Å². The van der Waals surface area contributed by atoms with E-state index in [0.29, 0.717) is 37.2 Å². The molecule has 2 N–H and O–H groups in total. The molecule has 28 heavy (non-hydrogen) atoms. The van der Waals surface area contributed by atoms with Crippen LogP contribution in [0.15, 0.2) is 41.6 Å². The monoisotopic (exact) mass is 406 g/mol. The summed E-state index contributed by atoms with van der Waals surface area (Å²) < 4.78 is 31.5. The molecule has 2 aromatic rings. The molecule has 1 aromatic carbocycles. The zero-order valence-corrected chi connectivity index (χ0v) is 16.2. The fraction of sp³-hybridized carbons (Fsp3) is 0.389. The molecule has 1 fully saturated rings. The number of likely N-dealkylation sites (tertiary alicyclic amines) is 1. The molecular formula is C18H22N4O5S. The second-order valence-electron chi connectivity index (χ2n) is 6.50. The maximum absolute atomic E-state index is 11.8. The third kappa shape index (κ3) is 4.76. The molecule has 2 heterocycles. The summed E-state index contributed by atoms with van der Waals surface area (Å²) in [5, 5.41) is 8.96. The minimum Gasteiger partial charge on any atom is -0.476 e. The van der Waals surface area contributed by atoms with Crippen molar-refractivity contribution in [3.05, 3.63) is 36.7 Å². The van der Waals surface area contributed by atoms with Crippen molar-refractivity contribution in [2.24, 2.45) is 5.92 Å². The maximum Gasteiger partial charge on any atom is 0.407 e. The third-order valence-electron chi connectivity index (χ3n) is 4.71. The normalized spacial score (nSPS) is 15.4. The van der Waals surface area contributed by atoms with Crippen LogP contribution in [0.1, 0.15) is 12.8 Å². The Kier molecular flexibility index (Phi) is 6.10. The molecule has 1 aliphatic heterocycles. The number of piperidine rings is 1. The average molecular weight is 406 g/mol. The van der Waals surface area contributed by atoms with E-state index in [9.17, 15) is 13.2 Å². The highest BCUT2D eigenvalue weighted by Gasteiger charge is 2.22. The van der Waals surface area contributed by atoms with Crippen molar-refractivity contribution < 1.29 is 23.1 Å². The molecule has 0 saturated carbocycles. The van der Waals surface area contributed by atoms with Gasteiger partial charge in [0, 0.05) is 18.7 Å². The zero-order valence-electron chi connectivity index (χ0n) is 15.4. The molecular weight excluding hydrogens is 384 g/mol. The Morgan fingerprint density at radius 2 is 1.89 bits per heavy atom. The highest BCUT2D eigenvalue weighted by atomic mass is 32.2. The fourth-order valence-electron chi connectivity index (χ4n) is 2.96. The summed E-state index contributed by atoms with van der Waals surface area (Å²) in [5.41, 5.74) is 1.35. The van der Waals surface area contributed by atoms with Crippen LogP contribution in [0.5, 0.6) is 5.88 Å². The number of benzene rings is 1. The van der Waals surface area contributed by atoms with Crippen molar-refractivity contribution in [3.63, 3.8) is 0 Å². The Bertz CT molecular complexity index is 908. The standard InChI is InChI=1S/C18H22N4O5S/c1-19-28(25,26)15-4-2-14(3-5-15)16-10-21-17(11-20-16)27-12-13-6-8-22(9-7-13)18(23)24/h2-5,10-11,13,19H,6-9,12H2,1H3,(H,23,24). The van der Waals surface area contributed by atoms with Crippen LogP contribution in [-0.2, 0) is 10.0 Å². The van der Waals surface area contributed by atoms with Crippen LogP contribution in [0.25, 0.3) is 11.3 Å². The van der Waals surface area contributed by atoms with Crippen molar-refractivity contribution in [3.8, 4) is 17.1 Å². The fourth-order valence-corrected chi connectivity index (χ4v) is 3.69. The molecule has 1 aliphatic rings. The van der Waals surface area contributed by atoms with Crippen LogP contribution < -0.4 is 9.46 Å². The first kappa shape index (κ1) is 20.0. The molecule has 0 unspecified atom stereocenters. The highest BCUT2D eigenvalue weighted by Crippen LogP contribution is 2.21. The van der Waals surface area contributed by atoms with Gasteiger partial charge in [0.25, 0.3) is 0 Å². The first-order chi connectivity index (χ1) is 13.4. The van der Waals surface area contributed by atoms with E-state index in [-0.39, 0.29) is 4.90 Å². The van der Waals surface area contributed by atoms with Gasteiger partial charge in [-0.25, -0.2) is 27.9 Å². The van der Waals surface area contributed by atoms with E-state index in [1.165, 1.54) is 30.3 Å². The predicted molar refractivity (Wildman–Crippen MR) is 102 cm³/mol. The van der Waals surface area contributed by atoms with Gasteiger partial charge in [0.05, 0.1) is 29.6 Å². The number of rotatable bonds is 6. The van der Waals surface area contributed by atoms with Gasteiger partial charge in [-0.2, -0.15) is 0 Å². The second-order valence-corrected chi connectivity index (χ2v) is 8.38. The lowest BCUT2D eigenvalue weighted by Crippen LogP contribution is -2.38. The number of ether oxygens (including phenoxy) is 1. The minimum absolute atomic E-state index is 0.181. The van der Waals surface area contributed by atoms with Crippen LogP contribution in [0.2, 0.25) is 0 Å². The number of nitrogens with one attached hydrogen (secondary N) is 1. The first-order valence-corrected chi connectivity index (χ1v) is 10.3. The molecule has 1 aromatic heterocycles. The van der Waals surface area contributed by atoms with Gasteiger partial charge in [-0.05, 0) is 37.9 Å². The number of sulfonamides is 1. The van der Waals surface area contributed by atoms with Crippen LogP contribution in [0.3, 0.4) is 0 Å². The smallest absolute Gasteiger partial charge is 0.407 e. The van der Waals surface area contributed by atoms with Gasteiger partial charge in [0.15, 0.2) is 0 Å². The molecule has 0 radical (unpaired) electrons. The van der Waals surface area contributed by atoms with Gasteiger partial charge in [0.1, 0.15) is 0 Å². The molecule has 1 amide bonds. The Morgan fingerprint density at radius 1 is 1.21 bits per heavy atom. The lowest BCUT2D eigenvalue weighted by atomic mass is 9.98. The number of hydrogen-bond acceptors (Lipinski definition) is 6. The van der Waals surface area contributed by atoms with E-state index in [0.717, 1.165) is 18.4 Å². The first-order valence-electron chi connectivity index (χ1n) is 8.86. The number of carboxylic acid groups (broad SMARTS) is 1. The lowest BCUT2D eigenvalue weighted by molar-refractivity contribution is 0.111. The number of nitrogens with zero attached hydrogens (tertiary/aromatic N) is 3. The topological polar surface area (TPSA) is 122 Å². The Labute approximate surface area is 163 Å². The van der Waals surface area contributed by atoms with Crippen LogP contribution >= 0.6 is 0 Å². The molecule has 0 aliphatic carbocycles. The molecule has 3 rings (SSSR count). The van der Waals surface area contributed by atoms with Gasteiger partial charge >= 0.3 is 6.09 Å². The van der Waals surface area contributed by atoms with E-state index >= 15 is 0 Å². The van der Waals surface area contributed by atoms with E-state index in [2.05, 4.69) is 14.7 Å². The largest absolute Gasteiger partial charge is 0.476 e. The van der Waals surface area contributed by atoms with E-state index in [1.54, 1.807) is 18.3 Å². The third-order valence-corrected chi connectivity index (χ3v) is 6.14. The van der Waals surface area contributed by atoms with Crippen molar-refractivity contribution in [2.45, 2.75) is 17.7 Å². The SMILES string of the molecule is CNS(=O)(=O)c1ccc(-c2cnc(OCC3CCN(C(=O)O)CC3)cn2)cc1. The van der Waals surface area contributed by atoms with Crippen molar-refractivity contribution in [1.82, 2.24) is 19.6 Å². The summed E-state index contributed by atoms with van der Waals surface area (Å²) in [4.78, 5) is 21.1.